The minimum Gasteiger partial charge on any atom is -0.394 e. The lowest BCUT2D eigenvalue weighted by Crippen LogP contribution is -2.69. The van der Waals surface area contributed by atoms with E-state index in [1.165, 1.54) is 0 Å². The van der Waals surface area contributed by atoms with E-state index in [0.29, 0.717) is 18.2 Å². The summed E-state index contributed by atoms with van der Waals surface area (Å²) in [7, 11) is 0. The number of urea groups is 1. The molecule has 0 unspecified atom stereocenters. The van der Waals surface area contributed by atoms with Crippen molar-refractivity contribution < 1.29 is 54.5 Å². The first-order valence-electron chi connectivity index (χ1n) is 13.8. The van der Waals surface area contributed by atoms with Gasteiger partial charge in [0.2, 0.25) is 0 Å². The zero-order chi connectivity index (χ0) is 30.4. The van der Waals surface area contributed by atoms with Crippen molar-refractivity contribution in [1.82, 2.24) is 15.7 Å². The summed E-state index contributed by atoms with van der Waals surface area (Å²) in [5.74, 6) is 0. The lowest BCUT2D eigenvalue weighted by atomic mass is 9.83. The predicted octanol–water partition coefficient (Wildman–Crippen LogP) is -6.24. The first-order chi connectivity index (χ1) is 19.4. The summed E-state index contributed by atoms with van der Waals surface area (Å²) >= 11 is 0. The van der Waals surface area contributed by atoms with E-state index in [-0.39, 0.29) is 25.9 Å². The van der Waals surface area contributed by atoms with Crippen molar-refractivity contribution in [3.63, 3.8) is 0 Å². The number of amides is 2. The van der Waals surface area contributed by atoms with Gasteiger partial charge < -0.3 is 78.0 Å². The smallest absolute Gasteiger partial charge is 0.341 e. The van der Waals surface area contributed by atoms with E-state index in [1.807, 2.05) is 6.92 Å². The molecule has 16 N–H and O–H groups in total. The number of hydrogen-bond donors (Lipinski definition) is 12. The first-order valence-corrected chi connectivity index (χ1v) is 13.8. The molecule has 0 aromatic heterocycles. The van der Waals surface area contributed by atoms with Gasteiger partial charge >= 0.3 is 6.03 Å². The largest absolute Gasteiger partial charge is 0.394 e. The summed E-state index contributed by atoms with van der Waals surface area (Å²) in [6.07, 6.45) is -12.2. The molecule has 2 saturated heterocycles. The SMILES string of the molecule is CCNC[C@H]1O[C@H](O[C@H]2[C@H](O)[C@@H](O[C@H]3O[C@H](CO)[C@@H](O)[C@H](N)[C@H]3O)[C@H](NC(=O)N(O)CCN)C[C@@H]2N)[C@H](N)C[C@@H]1O. The Balaban J connectivity index is 1.82. The molecule has 0 aromatic rings. The number of rotatable bonds is 11. The number of aliphatic hydroxyl groups excluding tert-OH is 5. The van der Waals surface area contributed by atoms with Crippen LogP contribution >= 0.6 is 0 Å². The fourth-order valence-electron chi connectivity index (χ4n) is 5.24. The number of aliphatic hydroxyl groups is 5. The molecule has 0 bridgehead atoms. The zero-order valence-electron chi connectivity index (χ0n) is 23.0. The fourth-order valence-corrected chi connectivity index (χ4v) is 5.24. The van der Waals surface area contributed by atoms with E-state index < -0.39 is 98.2 Å². The molecule has 3 rings (SSSR count). The molecule has 3 fully saturated rings. The van der Waals surface area contributed by atoms with Gasteiger partial charge in [0.25, 0.3) is 0 Å². The molecule has 0 radical (unpaired) electrons. The molecule has 1 saturated carbocycles. The highest BCUT2D eigenvalue weighted by molar-refractivity contribution is 5.73. The average Bonchev–Trinajstić information content (AvgIpc) is 2.93. The molecule has 0 aromatic carbocycles. The topological polar surface area (TPSA) is 307 Å². The summed E-state index contributed by atoms with van der Waals surface area (Å²) in [5, 5.41) is 68.2. The quantitative estimate of drug-likeness (QED) is 0.0778. The molecule has 0 spiro atoms. The van der Waals surface area contributed by atoms with Gasteiger partial charge in [-0.1, -0.05) is 6.92 Å². The number of nitrogens with zero attached hydrogens (tertiary/aromatic N) is 1. The molecule has 3 aliphatic rings. The Kier molecular flexibility index (Phi) is 12.8. The molecule has 2 amide bonds. The number of likely N-dealkylation sites (N-methyl/N-ethyl adjacent to an activating group) is 1. The van der Waals surface area contributed by atoms with Crippen molar-refractivity contribution in [3.8, 4) is 0 Å². The summed E-state index contributed by atoms with van der Waals surface area (Å²) in [6.45, 7) is 2.03. The lowest BCUT2D eigenvalue weighted by molar-refractivity contribution is -0.315. The van der Waals surface area contributed by atoms with E-state index >= 15 is 0 Å². The molecule has 18 heteroatoms. The van der Waals surface area contributed by atoms with Crippen LogP contribution in [0.25, 0.3) is 0 Å². The Morgan fingerprint density at radius 2 is 1.61 bits per heavy atom. The van der Waals surface area contributed by atoms with Gasteiger partial charge in [-0.25, -0.2) is 9.86 Å². The Bertz CT molecular complexity index is 820. The summed E-state index contributed by atoms with van der Waals surface area (Å²) in [6, 6.07) is -4.92. The van der Waals surface area contributed by atoms with Crippen molar-refractivity contribution >= 4 is 6.03 Å². The highest BCUT2D eigenvalue weighted by Gasteiger charge is 2.51. The third-order valence-corrected chi connectivity index (χ3v) is 7.62. The van der Waals surface area contributed by atoms with Gasteiger partial charge in [-0.05, 0) is 19.4 Å². The van der Waals surface area contributed by atoms with Crippen LogP contribution in [0.2, 0.25) is 0 Å². The zero-order valence-corrected chi connectivity index (χ0v) is 23.0. The number of carbonyl (C=O) groups excluding carboxylic acids is 1. The molecule has 2 aliphatic heterocycles. The van der Waals surface area contributed by atoms with Crippen LogP contribution in [-0.2, 0) is 18.9 Å². The molecule has 14 atom stereocenters. The van der Waals surface area contributed by atoms with E-state index in [0.717, 1.165) is 0 Å². The Morgan fingerprint density at radius 1 is 0.951 bits per heavy atom. The van der Waals surface area contributed by atoms with Crippen molar-refractivity contribution in [2.24, 2.45) is 22.9 Å². The van der Waals surface area contributed by atoms with Gasteiger partial charge in [0.1, 0.15) is 36.6 Å². The molecule has 240 valence electrons. The Labute approximate surface area is 237 Å². The van der Waals surface area contributed by atoms with E-state index in [4.69, 9.17) is 41.9 Å². The molecule has 18 nitrogen and oxygen atoms in total. The van der Waals surface area contributed by atoms with Crippen LogP contribution in [0.15, 0.2) is 0 Å². The van der Waals surface area contributed by atoms with Gasteiger partial charge in [-0.2, -0.15) is 0 Å². The molecular formula is C23H47N7O11. The normalized spacial score (nSPS) is 43.5. The van der Waals surface area contributed by atoms with Crippen LogP contribution in [0.3, 0.4) is 0 Å². The van der Waals surface area contributed by atoms with Gasteiger partial charge in [-0.15, -0.1) is 0 Å². The predicted molar refractivity (Wildman–Crippen MR) is 140 cm³/mol. The van der Waals surface area contributed by atoms with Crippen LogP contribution in [0, 0.1) is 0 Å². The first kappa shape index (κ1) is 34.2. The van der Waals surface area contributed by atoms with Crippen LogP contribution in [-0.4, -0.2) is 160 Å². The van der Waals surface area contributed by atoms with Gasteiger partial charge in [0.05, 0.1) is 43.5 Å². The maximum atomic E-state index is 12.6. The summed E-state index contributed by atoms with van der Waals surface area (Å²) < 4.78 is 23.4. The minimum atomic E-state index is -1.58. The average molecular weight is 598 g/mol. The Hall–Kier alpha value is -1.33. The number of hydrogen-bond acceptors (Lipinski definition) is 16. The number of nitrogens with one attached hydrogen (secondary N) is 2. The number of ether oxygens (including phenoxy) is 4. The molecule has 1 aliphatic carbocycles. The maximum absolute atomic E-state index is 12.6. The van der Waals surface area contributed by atoms with E-state index in [1.54, 1.807) is 0 Å². The van der Waals surface area contributed by atoms with Crippen LogP contribution < -0.4 is 33.6 Å². The van der Waals surface area contributed by atoms with Gasteiger partial charge in [0.15, 0.2) is 12.6 Å². The third-order valence-electron chi connectivity index (χ3n) is 7.62. The third kappa shape index (κ3) is 8.19. The van der Waals surface area contributed by atoms with Gasteiger partial charge in [0, 0.05) is 19.1 Å². The van der Waals surface area contributed by atoms with E-state index in [9.17, 15) is 35.5 Å². The highest BCUT2D eigenvalue weighted by atomic mass is 16.7. The second kappa shape index (κ2) is 15.4. The standard InChI is InChI=1S/C23H47N7O11/c1-2-28-7-13-12(32)6-10(26)21(38-13)40-19-9(25)5-11(29-23(36)30(37)4-3-24)20(18(19)35)41-22-17(34)15(27)16(33)14(8-31)39-22/h9-22,28,31-35,37H,2-8,24-27H2,1H3,(H,29,36)/t9-,10+,11+,12-,13+,14+,15-,16+,17+,18-,19+,20-,21+,22+/m0/s1. The summed E-state index contributed by atoms with van der Waals surface area (Å²) in [4.78, 5) is 12.6. The molecule has 2 heterocycles. The second-order valence-electron chi connectivity index (χ2n) is 10.7. The molecular weight excluding hydrogens is 550 g/mol. The Morgan fingerprint density at radius 3 is 2.24 bits per heavy atom. The number of nitrogens with two attached hydrogens (primary N) is 4. The molecule has 41 heavy (non-hydrogen) atoms. The highest BCUT2D eigenvalue weighted by Crippen LogP contribution is 2.31. The minimum absolute atomic E-state index is 0.0252. The number of hydroxylamine groups is 2. The fraction of sp³-hybridized carbons (Fsp3) is 0.957. The summed E-state index contributed by atoms with van der Waals surface area (Å²) in [5.41, 5.74) is 23.9. The second-order valence-corrected chi connectivity index (χ2v) is 10.7. The monoisotopic (exact) mass is 597 g/mol. The lowest BCUT2D eigenvalue weighted by Gasteiger charge is -2.48. The van der Waals surface area contributed by atoms with Crippen LogP contribution in [0.5, 0.6) is 0 Å². The van der Waals surface area contributed by atoms with Crippen LogP contribution in [0.4, 0.5) is 4.79 Å². The van der Waals surface area contributed by atoms with Gasteiger partial charge in [-0.3, -0.25) is 5.21 Å². The van der Waals surface area contributed by atoms with Crippen LogP contribution in [0.1, 0.15) is 19.8 Å². The number of carbonyl (C=O) groups is 1. The maximum Gasteiger partial charge on any atom is 0.341 e. The van der Waals surface area contributed by atoms with E-state index in [2.05, 4.69) is 10.6 Å². The van der Waals surface area contributed by atoms with Crippen molar-refractivity contribution in [2.75, 3.05) is 32.8 Å². The van der Waals surface area contributed by atoms with Crippen molar-refractivity contribution in [1.29, 1.82) is 0 Å². The van der Waals surface area contributed by atoms with Crippen molar-refractivity contribution in [3.05, 3.63) is 0 Å². The van der Waals surface area contributed by atoms with Crippen molar-refractivity contribution in [2.45, 2.75) is 105 Å².